The fourth-order valence-electron chi connectivity index (χ4n) is 2.77. The summed E-state index contributed by atoms with van der Waals surface area (Å²) in [7, 11) is 1.98. The maximum Gasteiger partial charge on any atom is 0.0644 e. The fraction of sp³-hybridized carbons (Fsp3) is 0.471. The van der Waals surface area contributed by atoms with Crippen LogP contribution < -0.4 is 5.32 Å². The number of benzene rings is 1. The molecule has 0 saturated heterocycles. The molecule has 0 radical (unpaired) electrons. The molecule has 0 amide bonds. The molecule has 0 aliphatic heterocycles. The van der Waals surface area contributed by atoms with Gasteiger partial charge in [-0.3, -0.25) is 4.68 Å². The summed E-state index contributed by atoms with van der Waals surface area (Å²) < 4.78 is 1.90. The first-order chi connectivity index (χ1) is 9.51. The van der Waals surface area contributed by atoms with Crippen molar-refractivity contribution >= 4 is 0 Å². The SMILES string of the molecule is CCCNC(c1cc(C)cc(C)c1)c1cn(C)nc1C. The van der Waals surface area contributed by atoms with Crippen LogP contribution in [0.25, 0.3) is 0 Å². The molecule has 20 heavy (non-hydrogen) atoms. The Labute approximate surface area is 122 Å². The standard InChI is InChI=1S/C17H25N3/c1-6-7-18-17(16-11-20(5)19-14(16)4)15-9-12(2)8-13(3)10-15/h8-11,17-18H,6-7H2,1-5H3. The van der Waals surface area contributed by atoms with Crippen LogP contribution in [-0.2, 0) is 7.05 Å². The van der Waals surface area contributed by atoms with Gasteiger partial charge in [0.1, 0.15) is 0 Å². The van der Waals surface area contributed by atoms with Crippen LogP contribution in [0.15, 0.2) is 24.4 Å². The minimum Gasteiger partial charge on any atom is -0.306 e. The van der Waals surface area contributed by atoms with Gasteiger partial charge in [-0.25, -0.2) is 0 Å². The van der Waals surface area contributed by atoms with Crippen LogP contribution in [0.1, 0.15) is 47.3 Å². The van der Waals surface area contributed by atoms with Gasteiger partial charge in [0.25, 0.3) is 0 Å². The summed E-state index contributed by atoms with van der Waals surface area (Å²) in [6, 6.07) is 6.98. The monoisotopic (exact) mass is 271 g/mol. The molecule has 2 rings (SSSR count). The quantitative estimate of drug-likeness (QED) is 0.903. The van der Waals surface area contributed by atoms with E-state index in [9.17, 15) is 0 Å². The summed E-state index contributed by atoms with van der Waals surface area (Å²) in [5, 5.41) is 8.14. The third kappa shape index (κ3) is 3.28. The van der Waals surface area contributed by atoms with Gasteiger partial charge in [0.15, 0.2) is 0 Å². The molecule has 1 aromatic heterocycles. The van der Waals surface area contributed by atoms with Crippen molar-refractivity contribution in [2.24, 2.45) is 7.05 Å². The van der Waals surface area contributed by atoms with Gasteiger partial charge in [0.2, 0.25) is 0 Å². The van der Waals surface area contributed by atoms with Crippen LogP contribution in [0, 0.1) is 20.8 Å². The van der Waals surface area contributed by atoms with Gasteiger partial charge < -0.3 is 5.32 Å². The lowest BCUT2D eigenvalue weighted by Crippen LogP contribution is -2.23. The Morgan fingerprint density at radius 2 is 1.80 bits per heavy atom. The van der Waals surface area contributed by atoms with Gasteiger partial charge in [-0.1, -0.05) is 36.2 Å². The van der Waals surface area contributed by atoms with Crippen LogP contribution in [-0.4, -0.2) is 16.3 Å². The Hall–Kier alpha value is -1.61. The van der Waals surface area contributed by atoms with E-state index in [0.29, 0.717) is 0 Å². The number of nitrogens with one attached hydrogen (secondary N) is 1. The molecule has 1 N–H and O–H groups in total. The smallest absolute Gasteiger partial charge is 0.0644 e. The van der Waals surface area contributed by atoms with Gasteiger partial charge >= 0.3 is 0 Å². The minimum absolute atomic E-state index is 0.224. The van der Waals surface area contributed by atoms with E-state index in [4.69, 9.17) is 0 Å². The maximum absolute atomic E-state index is 4.49. The van der Waals surface area contributed by atoms with Crippen LogP contribution in [0.5, 0.6) is 0 Å². The summed E-state index contributed by atoms with van der Waals surface area (Å²) in [4.78, 5) is 0. The van der Waals surface area contributed by atoms with E-state index in [0.717, 1.165) is 18.7 Å². The first-order valence-corrected chi connectivity index (χ1v) is 7.33. The van der Waals surface area contributed by atoms with Crippen LogP contribution in [0.4, 0.5) is 0 Å². The van der Waals surface area contributed by atoms with E-state index < -0.39 is 0 Å². The Bertz CT molecular complexity index is 564. The van der Waals surface area contributed by atoms with E-state index >= 15 is 0 Å². The predicted octanol–water partition coefficient (Wildman–Crippen LogP) is 3.43. The fourth-order valence-corrected chi connectivity index (χ4v) is 2.77. The normalized spacial score (nSPS) is 12.7. The molecule has 2 aromatic rings. The van der Waals surface area contributed by atoms with Crippen LogP contribution >= 0.6 is 0 Å². The van der Waals surface area contributed by atoms with Gasteiger partial charge in [-0.05, 0) is 39.3 Å². The van der Waals surface area contributed by atoms with Crippen molar-refractivity contribution in [1.82, 2.24) is 15.1 Å². The summed E-state index contributed by atoms with van der Waals surface area (Å²) in [6.07, 6.45) is 3.25. The molecule has 0 bridgehead atoms. The molecule has 0 fully saturated rings. The molecule has 3 nitrogen and oxygen atoms in total. The van der Waals surface area contributed by atoms with Gasteiger partial charge in [-0.15, -0.1) is 0 Å². The molecule has 1 aromatic carbocycles. The van der Waals surface area contributed by atoms with E-state index in [1.807, 2.05) is 11.7 Å². The highest BCUT2D eigenvalue weighted by molar-refractivity contribution is 5.37. The van der Waals surface area contributed by atoms with Crippen molar-refractivity contribution < 1.29 is 0 Å². The lowest BCUT2D eigenvalue weighted by Gasteiger charge is -2.20. The lowest BCUT2D eigenvalue weighted by molar-refractivity contribution is 0.595. The van der Waals surface area contributed by atoms with E-state index in [2.05, 4.69) is 62.5 Å². The first-order valence-electron chi connectivity index (χ1n) is 7.33. The van der Waals surface area contributed by atoms with Gasteiger partial charge in [0.05, 0.1) is 11.7 Å². The molecule has 0 spiro atoms. The molecule has 1 unspecified atom stereocenters. The Balaban J connectivity index is 2.43. The highest BCUT2D eigenvalue weighted by atomic mass is 15.3. The number of aromatic nitrogens is 2. The molecular weight excluding hydrogens is 246 g/mol. The zero-order chi connectivity index (χ0) is 14.7. The zero-order valence-corrected chi connectivity index (χ0v) is 13.2. The van der Waals surface area contributed by atoms with Crippen molar-refractivity contribution in [3.63, 3.8) is 0 Å². The summed E-state index contributed by atoms with van der Waals surface area (Å²) in [5.74, 6) is 0. The number of nitrogens with zero attached hydrogens (tertiary/aromatic N) is 2. The van der Waals surface area contributed by atoms with E-state index in [-0.39, 0.29) is 6.04 Å². The largest absolute Gasteiger partial charge is 0.306 e. The maximum atomic E-state index is 4.49. The average molecular weight is 271 g/mol. The summed E-state index contributed by atoms with van der Waals surface area (Å²) in [6.45, 7) is 9.60. The summed E-state index contributed by atoms with van der Waals surface area (Å²) in [5.41, 5.74) is 6.31. The molecule has 0 aliphatic rings. The van der Waals surface area contributed by atoms with Crippen LogP contribution in [0.3, 0.4) is 0 Å². The molecule has 0 saturated carbocycles. The molecular formula is C17H25N3. The molecule has 1 heterocycles. The number of hydrogen-bond acceptors (Lipinski definition) is 2. The highest BCUT2D eigenvalue weighted by Gasteiger charge is 2.18. The Morgan fingerprint density at radius 3 is 2.30 bits per heavy atom. The van der Waals surface area contributed by atoms with E-state index in [1.165, 1.54) is 22.3 Å². The zero-order valence-electron chi connectivity index (χ0n) is 13.2. The van der Waals surface area contributed by atoms with Crippen molar-refractivity contribution in [1.29, 1.82) is 0 Å². The Kier molecular flexibility index (Phi) is 4.61. The second-order valence-electron chi connectivity index (χ2n) is 5.65. The van der Waals surface area contributed by atoms with Crippen molar-refractivity contribution in [3.05, 3.63) is 52.3 Å². The van der Waals surface area contributed by atoms with Crippen molar-refractivity contribution in [2.45, 2.75) is 40.2 Å². The molecule has 1 atom stereocenters. The van der Waals surface area contributed by atoms with Crippen molar-refractivity contribution in [2.75, 3.05) is 6.54 Å². The van der Waals surface area contributed by atoms with Gasteiger partial charge in [-0.2, -0.15) is 5.10 Å². The molecule has 0 aliphatic carbocycles. The van der Waals surface area contributed by atoms with Crippen molar-refractivity contribution in [3.8, 4) is 0 Å². The lowest BCUT2D eigenvalue weighted by atomic mass is 9.96. The summed E-state index contributed by atoms with van der Waals surface area (Å²) >= 11 is 0. The predicted molar refractivity (Wildman–Crippen MR) is 84.0 cm³/mol. The first kappa shape index (κ1) is 14.8. The number of hydrogen-bond donors (Lipinski definition) is 1. The second-order valence-corrected chi connectivity index (χ2v) is 5.65. The average Bonchev–Trinajstić information content (AvgIpc) is 2.68. The highest BCUT2D eigenvalue weighted by Crippen LogP contribution is 2.26. The number of aryl methyl sites for hydroxylation is 4. The minimum atomic E-state index is 0.224. The molecule has 3 heteroatoms. The van der Waals surface area contributed by atoms with E-state index in [1.54, 1.807) is 0 Å². The van der Waals surface area contributed by atoms with Gasteiger partial charge in [0, 0.05) is 18.8 Å². The number of rotatable bonds is 5. The Morgan fingerprint density at radius 1 is 1.15 bits per heavy atom. The molecule has 108 valence electrons. The third-order valence-electron chi connectivity index (χ3n) is 3.54. The van der Waals surface area contributed by atoms with Crippen LogP contribution in [0.2, 0.25) is 0 Å². The topological polar surface area (TPSA) is 29.9 Å². The second kappa shape index (κ2) is 6.23. The third-order valence-corrected chi connectivity index (χ3v) is 3.54.